The van der Waals surface area contributed by atoms with Gasteiger partial charge in [0.05, 0.1) is 9.93 Å². The molecule has 0 N–H and O–H groups in total. The highest BCUT2D eigenvalue weighted by Gasteiger charge is 2.32. The van der Waals surface area contributed by atoms with E-state index in [-0.39, 0.29) is 17.2 Å². The lowest BCUT2D eigenvalue weighted by Crippen LogP contribution is -2.39. The van der Waals surface area contributed by atoms with E-state index in [0.29, 0.717) is 19.5 Å². The van der Waals surface area contributed by atoms with Crippen molar-refractivity contribution in [3.63, 3.8) is 0 Å². The molecule has 150 valence electrons. The number of amides is 1. The van der Waals surface area contributed by atoms with E-state index >= 15 is 0 Å². The fourth-order valence-electron chi connectivity index (χ4n) is 3.07. The van der Waals surface area contributed by atoms with Crippen molar-refractivity contribution in [2.45, 2.75) is 24.9 Å². The second-order valence-corrected chi connectivity index (χ2v) is 7.23. The zero-order valence-corrected chi connectivity index (χ0v) is 15.3. The number of nitro groups is 1. The minimum atomic E-state index is -4.56. The number of likely N-dealkylation sites (tertiary alicyclic amines) is 1. The van der Waals surface area contributed by atoms with Crippen molar-refractivity contribution in [3.8, 4) is 5.75 Å². The Hall–Kier alpha value is -2.69. The Balaban J connectivity index is 1.83. The predicted molar refractivity (Wildman–Crippen MR) is 94.6 cm³/mol. The number of thiazole rings is 1. The van der Waals surface area contributed by atoms with Gasteiger partial charge in [0.1, 0.15) is 11.3 Å². The number of piperidine rings is 1. The SMILES string of the molecule is O=C(c1cc(OCC(F)(F)F)ccc1[N+](=O)[O-])N1CCCC(c2nccs2)C1. The van der Waals surface area contributed by atoms with Crippen molar-refractivity contribution >= 4 is 22.9 Å². The summed E-state index contributed by atoms with van der Waals surface area (Å²) in [6.07, 6.45) is -1.34. The maximum absolute atomic E-state index is 12.9. The number of aromatic nitrogens is 1. The summed E-state index contributed by atoms with van der Waals surface area (Å²) < 4.78 is 41.7. The standard InChI is InChI=1S/C17H16F3N3O4S/c18-17(19,20)10-27-12-3-4-14(23(25)26)13(8-12)16(24)22-6-1-2-11(9-22)15-21-5-7-28-15/h3-5,7-8,11H,1-2,6,9-10H2. The lowest BCUT2D eigenvalue weighted by Gasteiger charge is -2.31. The van der Waals surface area contributed by atoms with Crippen molar-refractivity contribution in [1.82, 2.24) is 9.88 Å². The largest absolute Gasteiger partial charge is 0.484 e. The van der Waals surface area contributed by atoms with Gasteiger partial charge in [-0.3, -0.25) is 14.9 Å². The van der Waals surface area contributed by atoms with Crippen LogP contribution in [-0.2, 0) is 0 Å². The molecule has 1 atom stereocenters. The third kappa shape index (κ3) is 4.77. The van der Waals surface area contributed by atoms with Gasteiger partial charge in [-0.15, -0.1) is 11.3 Å². The Labute approximate surface area is 161 Å². The van der Waals surface area contributed by atoms with Crippen LogP contribution in [0.15, 0.2) is 29.8 Å². The van der Waals surface area contributed by atoms with Gasteiger partial charge in [0.2, 0.25) is 0 Å². The minimum absolute atomic E-state index is 0.0291. The Kier molecular flexibility index (Phi) is 5.82. The molecule has 1 aromatic heterocycles. The summed E-state index contributed by atoms with van der Waals surface area (Å²) in [5, 5.41) is 14.0. The Bertz CT molecular complexity index is 858. The van der Waals surface area contributed by atoms with Gasteiger partial charge < -0.3 is 9.64 Å². The molecule has 0 radical (unpaired) electrons. The van der Waals surface area contributed by atoms with Crippen LogP contribution in [0.1, 0.15) is 34.1 Å². The number of ether oxygens (including phenoxy) is 1. The van der Waals surface area contributed by atoms with Gasteiger partial charge >= 0.3 is 6.18 Å². The molecule has 2 heterocycles. The number of carbonyl (C=O) groups is 1. The van der Waals surface area contributed by atoms with Crippen LogP contribution in [-0.4, -0.2) is 46.6 Å². The van der Waals surface area contributed by atoms with Gasteiger partial charge in [0.15, 0.2) is 6.61 Å². The molecule has 7 nitrogen and oxygen atoms in total. The molecule has 0 spiro atoms. The highest BCUT2D eigenvalue weighted by Crippen LogP contribution is 2.31. The zero-order chi connectivity index (χ0) is 20.3. The Morgan fingerprint density at radius 1 is 1.43 bits per heavy atom. The van der Waals surface area contributed by atoms with Crippen molar-refractivity contribution in [3.05, 3.63) is 50.5 Å². The van der Waals surface area contributed by atoms with E-state index in [1.165, 1.54) is 16.2 Å². The van der Waals surface area contributed by atoms with Crippen molar-refractivity contribution in [2.75, 3.05) is 19.7 Å². The summed E-state index contributed by atoms with van der Waals surface area (Å²) in [5.41, 5.74) is -0.759. The van der Waals surface area contributed by atoms with Crippen molar-refractivity contribution in [2.24, 2.45) is 0 Å². The van der Waals surface area contributed by atoms with Crippen LogP contribution in [0, 0.1) is 10.1 Å². The zero-order valence-electron chi connectivity index (χ0n) is 14.5. The lowest BCUT2D eigenvalue weighted by atomic mass is 9.97. The van der Waals surface area contributed by atoms with Crippen LogP contribution in [0.5, 0.6) is 5.75 Å². The second kappa shape index (κ2) is 8.13. The number of hydrogen-bond donors (Lipinski definition) is 0. The molecule has 0 aliphatic carbocycles. The topological polar surface area (TPSA) is 85.6 Å². The smallest absolute Gasteiger partial charge is 0.422 e. The first-order chi connectivity index (χ1) is 13.2. The normalized spacial score (nSPS) is 17.4. The highest BCUT2D eigenvalue weighted by atomic mass is 32.1. The van der Waals surface area contributed by atoms with Crippen LogP contribution in [0.25, 0.3) is 0 Å². The van der Waals surface area contributed by atoms with Crippen LogP contribution in [0.3, 0.4) is 0 Å². The number of nitrogens with zero attached hydrogens (tertiary/aromatic N) is 3. The van der Waals surface area contributed by atoms with Gasteiger partial charge in [-0.25, -0.2) is 4.98 Å². The summed E-state index contributed by atoms with van der Waals surface area (Å²) in [7, 11) is 0. The predicted octanol–water partition coefficient (Wildman–Crippen LogP) is 4.01. The molecule has 11 heteroatoms. The molecular weight excluding hydrogens is 399 g/mol. The van der Waals surface area contributed by atoms with E-state index in [1.807, 2.05) is 5.38 Å². The Morgan fingerprint density at radius 3 is 2.86 bits per heavy atom. The minimum Gasteiger partial charge on any atom is -0.484 e. The number of rotatable bonds is 5. The number of benzene rings is 1. The van der Waals surface area contributed by atoms with Crippen molar-refractivity contribution in [1.29, 1.82) is 0 Å². The fourth-order valence-corrected chi connectivity index (χ4v) is 3.84. The summed E-state index contributed by atoms with van der Waals surface area (Å²) in [5.74, 6) is -0.827. The fraction of sp³-hybridized carbons (Fsp3) is 0.412. The van der Waals surface area contributed by atoms with E-state index in [1.54, 1.807) is 6.20 Å². The van der Waals surface area contributed by atoms with E-state index in [9.17, 15) is 28.1 Å². The van der Waals surface area contributed by atoms with Crippen LogP contribution < -0.4 is 4.74 Å². The molecule has 3 rings (SSSR count). The van der Waals surface area contributed by atoms with E-state index < -0.39 is 29.3 Å². The van der Waals surface area contributed by atoms with Crippen LogP contribution in [0.2, 0.25) is 0 Å². The van der Waals surface area contributed by atoms with Crippen molar-refractivity contribution < 1.29 is 27.6 Å². The van der Waals surface area contributed by atoms with Gasteiger partial charge in [-0.2, -0.15) is 13.2 Å². The number of alkyl halides is 3. The van der Waals surface area contributed by atoms with Gasteiger partial charge in [0, 0.05) is 36.7 Å². The number of carbonyl (C=O) groups excluding carboxylic acids is 1. The van der Waals surface area contributed by atoms with E-state index in [0.717, 1.165) is 29.6 Å². The second-order valence-electron chi connectivity index (χ2n) is 6.30. The first-order valence-electron chi connectivity index (χ1n) is 8.41. The molecular formula is C17H16F3N3O4S. The average Bonchev–Trinajstić information content (AvgIpc) is 3.20. The number of nitro benzene ring substituents is 1. The van der Waals surface area contributed by atoms with Crippen LogP contribution in [0.4, 0.5) is 18.9 Å². The summed E-state index contributed by atoms with van der Waals surface area (Å²) in [4.78, 5) is 29.2. The third-order valence-electron chi connectivity index (χ3n) is 4.31. The van der Waals surface area contributed by atoms with E-state index in [4.69, 9.17) is 0 Å². The number of hydrogen-bond acceptors (Lipinski definition) is 6. The first kappa shape index (κ1) is 20.1. The van der Waals surface area contributed by atoms with E-state index in [2.05, 4.69) is 9.72 Å². The van der Waals surface area contributed by atoms with Crippen LogP contribution >= 0.6 is 11.3 Å². The first-order valence-corrected chi connectivity index (χ1v) is 9.29. The quantitative estimate of drug-likeness (QED) is 0.544. The van der Waals surface area contributed by atoms with Gasteiger partial charge in [0.25, 0.3) is 11.6 Å². The molecule has 1 fully saturated rings. The maximum atomic E-state index is 12.9. The molecule has 1 amide bonds. The molecule has 0 bridgehead atoms. The van der Waals surface area contributed by atoms with Gasteiger partial charge in [-0.05, 0) is 25.0 Å². The molecule has 1 saturated heterocycles. The molecule has 1 unspecified atom stereocenters. The highest BCUT2D eigenvalue weighted by molar-refractivity contribution is 7.09. The summed E-state index contributed by atoms with van der Waals surface area (Å²) in [6.45, 7) is -0.795. The maximum Gasteiger partial charge on any atom is 0.422 e. The molecule has 2 aromatic rings. The molecule has 1 aliphatic heterocycles. The third-order valence-corrected chi connectivity index (χ3v) is 5.24. The number of halogens is 3. The molecule has 1 aliphatic rings. The summed E-state index contributed by atoms with van der Waals surface area (Å²) in [6, 6.07) is 3.04. The average molecular weight is 415 g/mol. The Morgan fingerprint density at radius 2 is 2.21 bits per heavy atom. The molecule has 28 heavy (non-hydrogen) atoms. The van der Waals surface area contributed by atoms with Gasteiger partial charge in [-0.1, -0.05) is 0 Å². The monoisotopic (exact) mass is 415 g/mol. The molecule has 1 aromatic carbocycles. The molecule has 0 saturated carbocycles. The summed E-state index contributed by atoms with van der Waals surface area (Å²) >= 11 is 1.47. The lowest BCUT2D eigenvalue weighted by molar-refractivity contribution is -0.385.